The molecule has 0 saturated carbocycles. The SMILES string of the molecule is C=NN(C(=C)CN)c1ccc(Cl)cc1. The molecule has 0 aliphatic heterocycles. The van der Waals surface area contributed by atoms with Crippen molar-refractivity contribution >= 4 is 24.0 Å². The summed E-state index contributed by atoms with van der Waals surface area (Å²) in [5, 5.41) is 6.08. The van der Waals surface area contributed by atoms with Gasteiger partial charge in [0, 0.05) is 24.0 Å². The predicted octanol–water partition coefficient (Wildman–Crippen LogP) is 2.23. The Bertz CT molecular complexity index is 332. The molecular weight excluding hydrogens is 198 g/mol. The Hall–Kier alpha value is -1.32. The van der Waals surface area contributed by atoms with Crippen LogP contribution in [-0.2, 0) is 0 Å². The van der Waals surface area contributed by atoms with Crippen molar-refractivity contribution in [1.82, 2.24) is 0 Å². The smallest absolute Gasteiger partial charge is 0.0649 e. The fourth-order valence-electron chi connectivity index (χ4n) is 1.03. The van der Waals surface area contributed by atoms with Crippen molar-refractivity contribution in [2.45, 2.75) is 0 Å². The Balaban J connectivity index is 2.95. The lowest BCUT2D eigenvalue weighted by molar-refractivity contribution is 0.956. The Kier molecular flexibility index (Phi) is 3.68. The van der Waals surface area contributed by atoms with Gasteiger partial charge in [0.25, 0.3) is 0 Å². The van der Waals surface area contributed by atoms with E-state index in [1.165, 1.54) is 0 Å². The van der Waals surface area contributed by atoms with Crippen LogP contribution in [-0.4, -0.2) is 13.3 Å². The van der Waals surface area contributed by atoms with Gasteiger partial charge in [-0.05, 0) is 24.3 Å². The Morgan fingerprint density at radius 3 is 2.43 bits per heavy atom. The minimum Gasteiger partial charge on any atom is -0.325 e. The van der Waals surface area contributed by atoms with Gasteiger partial charge >= 0.3 is 0 Å². The first kappa shape index (κ1) is 10.8. The Morgan fingerprint density at radius 2 is 2.00 bits per heavy atom. The zero-order valence-corrected chi connectivity index (χ0v) is 8.54. The molecule has 1 rings (SSSR count). The van der Waals surface area contributed by atoms with Crippen molar-refractivity contribution < 1.29 is 0 Å². The van der Waals surface area contributed by atoms with Crippen LogP contribution in [0.25, 0.3) is 0 Å². The normalized spacial score (nSPS) is 9.57. The van der Waals surface area contributed by atoms with Crippen molar-refractivity contribution in [3.8, 4) is 0 Å². The zero-order chi connectivity index (χ0) is 10.6. The fourth-order valence-corrected chi connectivity index (χ4v) is 1.16. The summed E-state index contributed by atoms with van der Waals surface area (Å²) in [6, 6.07) is 7.22. The van der Waals surface area contributed by atoms with E-state index in [1.54, 1.807) is 17.1 Å². The van der Waals surface area contributed by atoms with Gasteiger partial charge in [0.15, 0.2) is 0 Å². The number of hydrogen-bond acceptors (Lipinski definition) is 3. The van der Waals surface area contributed by atoms with Crippen LogP contribution in [0, 0.1) is 0 Å². The molecule has 0 aromatic heterocycles. The molecule has 0 fully saturated rings. The van der Waals surface area contributed by atoms with Gasteiger partial charge in [-0.2, -0.15) is 5.10 Å². The molecule has 4 heteroatoms. The number of hydrogen-bond donors (Lipinski definition) is 1. The minimum atomic E-state index is 0.335. The molecule has 0 aliphatic rings. The van der Waals surface area contributed by atoms with Gasteiger partial charge in [-0.3, -0.25) is 0 Å². The molecule has 14 heavy (non-hydrogen) atoms. The molecule has 0 heterocycles. The number of benzene rings is 1. The standard InChI is InChI=1S/C10H12ClN3/c1-8(7-12)14(13-2)10-5-3-9(11)4-6-10/h3-6H,1-2,7,12H2. The summed E-state index contributed by atoms with van der Waals surface area (Å²) in [5.74, 6) is 0. The molecule has 0 aliphatic carbocycles. The van der Waals surface area contributed by atoms with E-state index in [2.05, 4.69) is 18.4 Å². The fraction of sp³-hybridized carbons (Fsp3) is 0.100. The van der Waals surface area contributed by atoms with Crippen molar-refractivity contribution in [1.29, 1.82) is 0 Å². The first-order chi connectivity index (χ1) is 6.69. The number of nitrogens with zero attached hydrogens (tertiary/aromatic N) is 2. The summed E-state index contributed by atoms with van der Waals surface area (Å²) in [6.45, 7) is 7.57. The third-order valence-corrected chi connectivity index (χ3v) is 2.00. The molecule has 0 amide bonds. The van der Waals surface area contributed by atoms with Crippen LogP contribution in [0.3, 0.4) is 0 Å². The number of anilines is 1. The van der Waals surface area contributed by atoms with E-state index in [4.69, 9.17) is 17.3 Å². The molecular formula is C10H12ClN3. The molecule has 0 spiro atoms. The molecule has 0 bridgehead atoms. The maximum Gasteiger partial charge on any atom is 0.0649 e. The van der Waals surface area contributed by atoms with Crippen LogP contribution < -0.4 is 10.7 Å². The van der Waals surface area contributed by atoms with E-state index in [0.29, 0.717) is 17.3 Å². The average molecular weight is 210 g/mol. The second kappa shape index (κ2) is 4.79. The number of halogens is 1. The Labute approximate surface area is 88.5 Å². The van der Waals surface area contributed by atoms with Crippen LogP contribution >= 0.6 is 11.6 Å². The summed E-state index contributed by atoms with van der Waals surface area (Å²) in [4.78, 5) is 0. The van der Waals surface area contributed by atoms with Crippen molar-refractivity contribution in [2.24, 2.45) is 10.8 Å². The molecule has 1 aromatic carbocycles. The summed E-state index contributed by atoms with van der Waals surface area (Å²) in [6.07, 6.45) is 0. The van der Waals surface area contributed by atoms with E-state index in [0.717, 1.165) is 5.69 Å². The largest absolute Gasteiger partial charge is 0.325 e. The molecule has 1 aromatic rings. The van der Waals surface area contributed by atoms with E-state index in [-0.39, 0.29) is 0 Å². The van der Waals surface area contributed by atoms with E-state index in [1.807, 2.05) is 12.1 Å². The maximum absolute atomic E-state index is 5.76. The second-order valence-electron chi connectivity index (χ2n) is 2.70. The highest BCUT2D eigenvalue weighted by Crippen LogP contribution is 2.20. The maximum atomic E-state index is 5.76. The third kappa shape index (κ3) is 2.34. The second-order valence-corrected chi connectivity index (χ2v) is 3.14. The van der Waals surface area contributed by atoms with Gasteiger partial charge in [0.1, 0.15) is 0 Å². The van der Waals surface area contributed by atoms with Gasteiger partial charge in [-0.15, -0.1) is 0 Å². The van der Waals surface area contributed by atoms with Crippen LogP contribution in [0.5, 0.6) is 0 Å². The van der Waals surface area contributed by atoms with Crippen LogP contribution in [0.2, 0.25) is 5.02 Å². The van der Waals surface area contributed by atoms with Gasteiger partial charge < -0.3 is 5.73 Å². The molecule has 0 radical (unpaired) electrons. The van der Waals surface area contributed by atoms with Crippen LogP contribution in [0.1, 0.15) is 0 Å². The molecule has 0 atom stereocenters. The minimum absolute atomic E-state index is 0.335. The van der Waals surface area contributed by atoms with Crippen molar-refractivity contribution in [3.63, 3.8) is 0 Å². The van der Waals surface area contributed by atoms with Gasteiger partial charge in [0.05, 0.1) is 5.69 Å². The summed E-state index contributed by atoms with van der Waals surface area (Å²) in [5.41, 5.74) is 6.99. The predicted molar refractivity (Wildman–Crippen MR) is 61.7 cm³/mol. The van der Waals surface area contributed by atoms with Gasteiger partial charge in [-0.1, -0.05) is 18.2 Å². The monoisotopic (exact) mass is 209 g/mol. The topological polar surface area (TPSA) is 41.6 Å². The number of rotatable bonds is 4. The lowest BCUT2D eigenvalue weighted by Gasteiger charge is -2.19. The van der Waals surface area contributed by atoms with Crippen molar-refractivity contribution in [2.75, 3.05) is 11.6 Å². The number of nitrogens with two attached hydrogens (primary N) is 1. The highest BCUT2D eigenvalue weighted by molar-refractivity contribution is 6.30. The first-order valence-electron chi connectivity index (χ1n) is 4.09. The quantitative estimate of drug-likeness (QED) is 0.611. The molecule has 0 saturated heterocycles. The lowest BCUT2D eigenvalue weighted by atomic mass is 10.3. The summed E-state index contributed by atoms with van der Waals surface area (Å²) in [7, 11) is 0. The number of hydrazone groups is 1. The zero-order valence-electron chi connectivity index (χ0n) is 7.78. The molecule has 2 N–H and O–H groups in total. The van der Waals surface area contributed by atoms with Crippen LogP contribution in [0.4, 0.5) is 5.69 Å². The molecule has 3 nitrogen and oxygen atoms in total. The summed E-state index contributed by atoms with van der Waals surface area (Å²) >= 11 is 5.76. The Morgan fingerprint density at radius 1 is 1.43 bits per heavy atom. The highest BCUT2D eigenvalue weighted by Gasteiger charge is 2.05. The van der Waals surface area contributed by atoms with Crippen LogP contribution in [0.15, 0.2) is 41.6 Å². The third-order valence-electron chi connectivity index (χ3n) is 1.75. The van der Waals surface area contributed by atoms with E-state index >= 15 is 0 Å². The van der Waals surface area contributed by atoms with Gasteiger partial charge in [0.2, 0.25) is 0 Å². The van der Waals surface area contributed by atoms with E-state index in [9.17, 15) is 0 Å². The first-order valence-corrected chi connectivity index (χ1v) is 4.47. The van der Waals surface area contributed by atoms with E-state index < -0.39 is 0 Å². The summed E-state index contributed by atoms with van der Waals surface area (Å²) < 4.78 is 0. The van der Waals surface area contributed by atoms with Crippen molar-refractivity contribution in [3.05, 3.63) is 41.6 Å². The molecule has 74 valence electrons. The molecule has 0 unspecified atom stereocenters. The highest BCUT2D eigenvalue weighted by atomic mass is 35.5. The van der Waals surface area contributed by atoms with Gasteiger partial charge in [-0.25, -0.2) is 5.01 Å². The average Bonchev–Trinajstić information content (AvgIpc) is 2.21. The lowest BCUT2D eigenvalue weighted by Crippen LogP contribution is -2.20.